The van der Waals surface area contributed by atoms with Crippen molar-refractivity contribution in [3.8, 4) is 0 Å². The van der Waals surface area contributed by atoms with Gasteiger partial charge in [-0.3, -0.25) is 0 Å². The van der Waals surface area contributed by atoms with Gasteiger partial charge in [-0.25, -0.2) is 4.98 Å². The van der Waals surface area contributed by atoms with Crippen LogP contribution in [0.15, 0.2) is 18.2 Å². The lowest BCUT2D eigenvalue weighted by Gasteiger charge is -2.03. The largest absolute Gasteiger partial charge is 0.341 e. The van der Waals surface area contributed by atoms with Crippen LogP contribution in [0.5, 0.6) is 0 Å². The number of imidazole rings is 1. The van der Waals surface area contributed by atoms with Crippen molar-refractivity contribution in [2.24, 2.45) is 5.73 Å². The van der Waals surface area contributed by atoms with Crippen molar-refractivity contribution in [1.29, 1.82) is 0 Å². The monoisotopic (exact) mass is 203 g/mol. The first kappa shape index (κ1) is 10.2. The zero-order chi connectivity index (χ0) is 11.0. The Morgan fingerprint density at radius 2 is 2.00 bits per heavy atom. The number of nitrogens with one attached hydrogen (secondary N) is 1. The number of fused-ring (bicyclic) bond motifs is 1. The summed E-state index contributed by atoms with van der Waals surface area (Å²) in [5.41, 5.74) is 9.17. The lowest BCUT2D eigenvalue weighted by atomic mass is 10.0. The Kier molecular flexibility index (Phi) is 2.49. The number of nitrogens with zero attached hydrogens (tertiary/aromatic N) is 1. The van der Waals surface area contributed by atoms with Crippen LogP contribution in [0.2, 0.25) is 0 Å². The molecule has 0 aliphatic carbocycles. The molecular weight excluding hydrogens is 186 g/mol. The molecule has 0 aliphatic rings. The van der Waals surface area contributed by atoms with Gasteiger partial charge in [0.2, 0.25) is 0 Å². The molecule has 0 bridgehead atoms. The second-order valence-electron chi connectivity index (χ2n) is 4.34. The van der Waals surface area contributed by atoms with E-state index in [0.29, 0.717) is 5.92 Å². The summed E-state index contributed by atoms with van der Waals surface area (Å²) in [4.78, 5) is 7.69. The maximum atomic E-state index is 5.78. The highest BCUT2D eigenvalue weighted by Crippen LogP contribution is 2.20. The van der Waals surface area contributed by atoms with Crippen LogP contribution in [0.1, 0.15) is 44.1 Å². The first-order chi connectivity index (χ1) is 7.08. The molecule has 1 heterocycles. The van der Waals surface area contributed by atoms with Crippen molar-refractivity contribution in [3.63, 3.8) is 0 Å². The molecule has 15 heavy (non-hydrogen) atoms. The number of benzene rings is 1. The summed E-state index contributed by atoms with van der Waals surface area (Å²) in [6.45, 7) is 6.30. The predicted molar refractivity (Wildman–Crippen MR) is 62.8 cm³/mol. The Balaban J connectivity index is 2.52. The summed E-state index contributed by atoms with van der Waals surface area (Å²) >= 11 is 0. The van der Waals surface area contributed by atoms with Gasteiger partial charge in [0.25, 0.3) is 0 Å². The van der Waals surface area contributed by atoms with Gasteiger partial charge < -0.3 is 10.7 Å². The molecule has 0 saturated carbocycles. The van der Waals surface area contributed by atoms with E-state index < -0.39 is 0 Å². The van der Waals surface area contributed by atoms with Gasteiger partial charge in [-0.15, -0.1) is 0 Å². The van der Waals surface area contributed by atoms with Gasteiger partial charge in [-0.05, 0) is 30.5 Å². The fourth-order valence-electron chi connectivity index (χ4n) is 1.62. The quantitative estimate of drug-likeness (QED) is 0.788. The van der Waals surface area contributed by atoms with Crippen LogP contribution in [-0.4, -0.2) is 9.97 Å². The van der Waals surface area contributed by atoms with Gasteiger partial charge in [-0.1, -0.05) is 19.9 Å². The van der Waals surface area contributed by atoms with Crippen LogP contribution in [0.25, 0.3) is 11.0 Å². The van der Waals surface area contributed by atoms with Crippen LogP contribution in [0.4, 0.5) is 0 Å². The predicted octanol–water partition coefficient (Wildman–Crippen LogP) is 2.71. The number of hydrogen-bond acceptors (Lipinski definition) is 2. The fraction of sp³-hybridized carbons (Fsp3) is 0.417. The maximum absolute atomic E-state index is 5.78. The van der Waals surface area contributed by atoms with Crippen LogP contribution >= 0.6 is 0 Å². The van der Waals surface area contributed by atoms with E-state index in [-0.39, 0.29) is 6.04 Å². The third-order valence-electron chi connectivity index (χ3n) is 2.62. The van der Waals surface area contributed by atoms with Crippen molar-refractivity contribution in [3.05, 3.63) is 29.6 Å². The molecule has 1 aromatic heterocycles. The molecule has 3 N–H and O–H groups in total. The number of nitrogens with two attached hydrogens (primary N) is 1. The Bertz CT molecular complexity index is 463. The molecule has 3 nitrogen and oxygen atoms in total. The van der Waals surface area contributed by atoms with E-state index in [1.165, 1.54) is 5.56 Å². The minimum Gasteiger partial charge on any atom is -0.341 e. The van der Waals surface area contributed by atoms with E-state index in [0.717, 1.165) is 16.9 Å². The first-order valence-electron chi connectivity index (χ1n) is 5.33. The van der Waals surface area contributed by atoms with Crippen molar-refractivity contribution in [1.82, 2.24) is 9.97 Å². The van der Waals surface area contributed by atoms with Crippen LogP contribution in [0.3, 0.4) is 0 Å². The Labute approximate surface area is 89.7 Å². The standard InChI is InChI=1S/C12H17N3/c1-7(2)9-4-5-10-11(6-9)15-12(14-10)8(3)13/h4-8H,13H2,1-3H3,(H,14,15). The fourth-order valence-corrected chi connectivity index (χ4v) is 1.62. The highest BCUT2D eigenvalue weighted by Gasteiger charge is 2.07. The summed E-state index contributed by atoms with van der Waals surface area (Å²) in [5, 5.41) is 0. The average Bonchev–Trinajstić information content (AvgIpc) is 2.59. The van der Waals surface area contributed by atoms with Gasteiger partial charge in [0, 0.05) is 0 Å². The van der Waals surface area contributed by atoms with Crippen molar-refractivity contribution in [2.45, 2.75) is 32.7 Å². The molecule has 0 fully saturated rings. The van der Waals surface area contributed by atoms with E-state index in [1.54, 1.807) is 0 Å². The Morgan fingerprint density at radius 3 is 2.60 bits per heavy atom. The molecule has 3 heteroatoms. The third kappa shape index (κ3) is 1.88. The van der Waals surface area contributed by atoms with E-state index in [4.69, 9.17) is 5.73 Å². The average molecular weight is 203 g/mol. The number of rotatable bonds is 2. The maximum Gasteiger partial charge on any atom is 0.123 e. The molecule has 0 amide bonds. The van der Waals surface area contributed by atoms with Gasteiger partial charge in [0.15, 0.2) is 0 Å². The molecular formula is C12H17N3. The van der Waals surface area contributed by atoms with E-state index in [1.807, 2.05) is 13.0 Å². The molecule has 1 aromatic carbocycles. The lowest BCUT2D eigenvalue weighted by molar-refractivity contribution is 0.760. The Morgan fingerprint density at radius 1 is 1.27 bits per heavy atom. The normalized spacial score (nSPS) is 13.7. The highest BCUT2D eigenvalue weighted by molar-refractivity contribution is 5.76. The van der Waals surface area contributed by atoms with Crippen LogP contribution in [-0.2, 0) is 0 Å². The lowest BCUT2D eigenvalue weighted by Crippen LogP contribution is -2.06. The number of aromatic amines is 1. The molecule has 1 unspecified atom stereocenters. The summed E-state index contributed by atoms with van der Waals surface area (Å²) < 4.78 is 0. The number of aromatic nitrogens is 2. The van der Waals surface area contributed by atoms with E-state index in [9.17, 15) is 0 Å². The highest BCUT2D eigenvalue weighted by atomic mass is 15.0. The van der Waals surface area contributed by atoms with Crippen LogP contribution < -0.4 is 5.73 Å². The van der Waals surface area contributed by atoms with Gasteiger partial charge in [-0.2, -0.15) is 0 Å². The minimum absolute atomic E-state index is 0.0418. The van der Waals surface area contributed by atoms with Crippen molar-refractivity contribution >= 4 is 11.0 Å². The topological polar surface area (TPSA) is 54.7 Å². The number of hydrogen-bond donors (Lipinski definition) is 2. The van der Waals surface area contributed by atoms with Gasteiger partial charge in [0.05, 0.1) is 17.1 Å². The molecule has 80 valence electrons. The summed E-state index contributed by atoms with van der Waals surface area (Å²) in [6, 6.07) is 6.28. The van der Waals surface area contributed by atoms with Crippen molar-refractivity contribution < 1.29 is 0 Å². The van der Waals surface area contributed by atoms with E-state index in [2.05, 4.69) is 35.9 Å². The molecule has 0 saturated heterocycles. The van der Waals surface area contributed by atoms with Gasteiger partial charge in [0.1, 0.15) is 5.82 Å². The van der Waals surface area contributed by atoms with Gasteiger partial charge >= 0.3 is 0 Å². The zero-order valence-corrected chi connectivity index (χ0v) is 9.41. The molecule has 2 rings (SSSR count). The Hall–Kier alpha value is -1.35. The van der Waals surface area contributed by atoms with Crippen LogP contribution in [0, 0.1) is 0 Å². The molecule has 0 spiro atoms. The van der Waals surface area contributed by atoms with E-state index >= 15 is 0 Å². The number of H-pyrrole nitrogens is 1. The molecule has 0 radical (unpaired) electrons. The molecule has 1 atom stereocenters. The zero-order valence-electron chi connectivity index (χ0n) is 9.41. The summed E-state index contributed by atoms with van der Waals surface area (Å²) in [6.07, 6.45) is 0. The SMILES string of the molecule is CC(C)c1ccc2nc(C(C)N)[nH]c2c1. The first-order valence-corrected chi connectivity index (χ1v) is 5.33. The summed E-state index contributed by atoms with van der Waals surface area (Å²) in [5.74, 6) is 1.39. The minimum atomic E-state index is -0.0418. The second-order valence-corrected chi connectivity index (χ2v) is 4.34. The third-order valence-corrected chi connectivity index (χ3v) is 2.62. The smallest absolute Gasteiger partial charge is 0.123 e. The second kappa shape index (κ2) is 3.66. The summed E-state index contributed by atoms with van der Waals surface area (Å²) in [7, 11) is 0. The molecule has 0 aliphatic heterocycles. The van der Waals surface area contributed by atoms with Crippen molar-refractivity contribution in [2.75, 3.05) is 0 Å². The molecule has 2 aromatic rings.